The van der Waals surface area contributed by atoms with E-state index in [1.807, 2.05) is 0 Å². The first-order chi connectivity index (χ1) is 12.0. The van der Waals surface area contributed by atoms with Crippen LogP contribution in [0.2, 0.25) is 25.2 Å². The van der Waals surface area contributed by atoms with Gasteiger partial charge in [-0.15, -0.1) is 0 Å². The van der Waals surface area contributed by atoms with Gasteiger partial charge in [-0.05, 0) is 38.0 Å². The zero-order valence-electron chi connectivity index (χ0n) is 15.2. The second-order valence-corrected chi connectivity index (χ2v) is 15.1. The van der Waals surface area contributed by atoms with Gasteiger partial charge in [-0.1, -0.05) is 0 Å². The first-order valence-electron chi connectivity index (χ1n) is 8.83. The average molecular weight is 419 g/mol. The van der Waals surface area contributed by atoms with Crippen LogP contribution >= 0.6 is 0 Å². The second-order valence-electron chi connectivity index (χ2n) is 6.87. The lowest BCUT2D eigenvalue weighted by Gasteiger charge is -2.38. The molecule has 0 N–H and O–H groups in total. The van der Waals surface area contributed by atoms with E-state index in [0.717, 1.165) is 38.1 Å². The van der Waals surface area contributed by atoms with E-state index in [1.54, 1.807) is 0 Å². The van der Waals surface area contributed by atoms with E-state index in [0.29, 0.717) is 38.6 Å². The molecule has 0 saturated carbocycles. The number of hydrogen-bond acceptors (Lipinski definition) is 7. The van der Waals surface area contributed by atoms with Gasteiger partial charge in [-0.2, -0.15) is 0 Å². The van der Waals surface area contributed by atoms with Crippen LogP contribution in [0.25, 0.3) is 0 Å². The fourth-order valence-electron chi connectivity index (χ4n) is 2.47. The van der Waals surface area contributed by atoms with E-state index in [1.165, 1.54) is 0 Å². The molecule has 0 aromatic carbocycles. The van der Waals surface area contributed by atoms with Gasteiger partial charge in [0, 0.05) is 13.2 Å². The highest BCUT2D eigenvalue weighted by atomic mass is 28.5. The monoisotopic (exact) mass is 418 g/mol. The Morgan fingerprint density at radius 3 is 1.56 bits per heavy atom. The SMILES string of the molecule is C[Si](CCCOCC1CO1)([O][Al])O[Si](C)(CCCOCC1CO1)[O][Al]. The third-order valence-electron chi connectivity index (χ3n) is 4.18. The average Bonchev–Trinajstić information content (AvgIpc) is 3.49. The Balaban J connectivity index is 1.63. The maximum absolute atomic E-state index is 6.44. The molecule has 2 fully saturated rings. The molecule has 0 aliphatic carbocycles. The van der Waals surface area contributed by atoms with Crippen molar-refractivity contribution >= 4 is 50.4 Å². The molecule has 25 heavy (non-hydrogen) atoms. The minimum atomic E-state index is -2.30. The first kappa shape index (κ1) is 22.5. The van der Waals surface area contributed by atoms with Crippen LogP contribution in [0.4, 0.5) is 0 Å². The Hall–Kier alpha value is 1.22. The lowest BCUT2D eigenvalue weighted by molar-refractivity contribution is 0.115. The molecule has 0 aromatic rings. The first-order valence-corrected chi connectivity index (χ1v) is 14.8. The Morgan fingerprint density at radius 1 is 0.840 bits per heavy atom. The molecule has 2 rings (SSSR count). The van der Waals surface area contributed by atoms with Crippen molar-refractivity contribution in [2.24, 2.45) is 0 Å². The van der Waals surface area contributed by atoms with Gasteiger partial charge in [0.05, 0.1) is 26.4 Å². The molecule has 0 bridgehead atoms. The summed E-state index contributed by atoms with van der Waals surface area (Å²) in [6.07, 6.45) is 2.45. The predicted molar refractivity (Wildman–Crippen MR) is 98.0 cm³/mol. The van der Waals surface area contributed by atoms with Gasteiger partial charge in [0.1, 0.15) is 12.2 Å². The second kappa shape index (κ2) is 11.3. The molecule has 2 aliphatic rings. The molecule has 140 valence electrons. The van der Waals surface area contributed by atoms with Crippen LogP contribution in [0.3, 0.4) is 0 Å². The molecule has 7 nitrogen and oxygen atoms in total. The minimum Gasteiger partial charge on any atom is -0.539 e. The summed E-state index contributed by atoms with van der Waals surface area (Å²) in [5.74, 6) is 0. The van der Waals surface area contributed by atoms with E-state index in [4.69, 9.17) is 30.0 Å². The number of ether oxygens (including phenoxy) is 4. The van der Waals surface area contributed by atoms with E-state index in [-0.39, 0.29) is 0 Å². The summed E-state index contributed by atoms with van der Waals surface area (Å²) in [7, 11) is -4.61. The topological polar surface area (TPSA) is 71.2 Å². The number of epoxide rings is 2. The zero-order chi connectivity index (χ0) is 18.2. The van der Waals surface area contributed by atoms with Gasteiger partial charge in [-0.3, -0.25) is 0 Å². The Bertz CT molecular complexity index is 356. The van der Waals surface area contributed by atoms with Crippen LogP contribution in [0, 0.1) is 0 Å². The van der Waals surface area contributed by atoms with Crippen LogP contribution in [-0.4, -0.2) is 102 Å². The summed E-state index contributed by atoms with van der Waals surface area (Å²) in [6.45, 7) is 8.61. The Morgan fingerprint density at radius 2 is 1.24 bits per heavy atom. The summed E-state index contributed by atoms with van der Waals surface area (Å²) in [4.78, 5) is 0. The highest BCUT2D eigenvalue weighted by Crippen LogP contribution is 2.25. The molecule has 2 aliphatic heterocycles. The standard InChI is InChI=1S/C14H28O7Si2.2Al/c1-22(15,7-3-5-17-9-13-11-19-13)21-23(2,16)8-4-6-18-10-14-12-20-14;;/h13-14H,3-12H2,1-2H3;;/q-2;2*+1. The van der Waals surface area contributed by atoms with E-state index in [2.05, 4.69) is 46.3 Å². The van der Waals surface area contributed by atoms with Crippen molar-refractivity contribution in [3.8, 4) is 0 Å². The van der Waals surface area contributed by atoms with Crippen LogP contribution in [-0.2, 0) is 30.0 Å². The van der Waals surface area contributed by atoms with Crippen LogP contribution in [0.15, 0.2) is 0 Å². The highest BCUT2D eigenvalue weighted by Gasteiger charge is 2.39. The molecule has 4 unspecified atom stereocenters. The third-order valence-corrected chi connectivity index (χ3v) is 14.1. The maximum atomic E-state index is 6.44. The molecule has 0 amide bonds. The molecule has 4 atom stereocenters. The van der Waals surface area contributed by atoms with E-state index in [9.17, 15) is 0 Å². The maximum Gasteiger partial charge on any atom is 0.355 e. The Kier molecular flexibility index (Phi) is 10.2. The molecule has 2 saturated heterocycles. The van der Waals surface area contributed by atoms with Gasteiger partial charge < -0.3 is 30.0 Å². The van der Waals surface area contributed by atoms with E-state index >= 15 is 0 Å². The lowest BCUT2D eigenvalue weighted by atomic mass is 10.5. The van der Waals surface area contributed by atoms with Crippen molar-refractivity contribution in [2.75, 3.05) is 39.6 Å². The third kappa shape index (κ3) is 9.81. The summed E-state index contributed by atoms with van der Waals surface area (Å²) in [5, 5.41) is 0. The van der Waals surface area contributed by atoms with Crippen molar-refractivity contribution in [2.45, 2.75) is 50.2 Å². The van der Waals surface area contributed by atoms with Gasteiger partial charge in [-0.25, -0.2) is 0 Å². The van der Waals surface area contributed by atoms with Crippen LogP contribution in [0.1, 0.15) is 12.8 Å². The molecular formula is C14H28Al2O7Si2. The van der Waals surface area contributed by atoms with Gasteiger partial charge in [0.2, 0.25) is 0 Å². The highest BCUT2D eigenvalue weighted by molar-refractivity contribution is 6.82. The molecule has 2 heterocycles. The molecular weight excluding hydrogens is 390 g/mol. The van der Waals surface area contributed by atoms with Gasteiger partial charge in [0.15, 0.2) is 0 Å². The minimum absolute atomic E-state index is 0.313. The van der Waals surface area contributed by atoms with Gasteiger partial charge in [0.25, 0.3) is 17.1 Å². The molecule has 4 radical (unpaired) electrons. The largest absolute Gasteiger partial charge is 0.539 e. The quantitative estimate of drug-likeness (QED) is 0.210. The Labute approximate surface area is 170 Å². The number of hydrogen-bond donors (Lipinski definition) is 0. The molecule has 0 aromatic heterocycles. The predicted octanol–water partition coefficient (Wildman–Crippen LogP) is 0.958. The van der Waals surface area contributed by atoms with E-state index < -0.39 is 17.1 Å². The van der Waals surface area contributed by atoms with Crippen molar-refractivity contribution in [1.29, 1.82) is 0 Å². The fraction of sp³-hybridized carbons (Fsp3) is 1.00. The summed E-state index contributed by atoms with van der Waals surface area (Å²) in [5.41, 5.74) is 0. The molecule has 0 spiro atoms. The van der Waals surface area contributed by atoms with Crippen LogP contribution < -0.4 is 0 Å². The normalized spacial score (nSPS) is 26.8. The molecule has 11 heteroatoms. The van der Waals surface area contributed by atoms with Crippen molar-refractivity contribution < 1.29 is 30.0 Å². The summed E-state index contributed by atoms with van der Waals surface area (Å²) < 4.78 is 39.3. The summed E-state index contributed by atoms with van der Waals surface area (Å²) >= 11 is 4.75. The van der Waals surface area contributed by atoms with Crippen molar-refractivity contribution in [3.63, 3.8) is 0 Å². The van der Waals surface area contributed by atoms with Crippen molar-refractivity contribution in [1.82, 2.24) is 0 Å². The smallest absolute Gasteiger partial charge is 0.355 e. The zero-order valence-corrected chi connectivity index (χ0v) is 19.5. The van der Waals surface area contributed by atoms with Gasteiger partial charge >= 0.3 is 33.2 Å². The summed E-state index contributed by atoms with van der Waals surface area (Å²) in [6, 6.07) is 1.74. The lowest BCUT2D eigenvalue weighted by Crippen LogP contribution is -2.51. The van der Waals surface area contributed by atoms with Crippen LogP contribution in [0.5, 0.6) is 0 Å². The van der Waals surface area contributed by atoms with Crippen molar-refractivity contribution in [3.05, 3.63) is 0 Å². The number of rotatable bonds is 16. The fourth-order valence-corrected chi connectivity index (χ4v) is 10.7.